The van der Waals surface area contributed by atoms with E-state index in [4.69, 9.17) is 4.74 Å². The standard InChI is InChI=1S/C19H20N6O2/c1-27-16-9-14(8-15(10-16)25-12-21-23-24-25)22-19(26)18-5-3-2-4-17(18)13-6-7-20-11-13/h2-5,8-10,12-13,20H,6-7,11H2,1H3,(H,22,26)/t13-/m1/s1. The van der Waals surface area contributed by atoms with Gasteiger partial charge in [0.1, 0.15) is 12.1 Å². The average molecular weight is 364 g/mol. The maximum absolute atomic E-state index is 13.0. The van der Waals surface area contributed by atoms with Crippen LogP contribution in [0, 0.1) is 0 Å². The number of carbonyl (C=O) groups excluding carboxylic acids is 1. The van der Waals surface area contributed by atoms with Crippen LogP contribution in [0.5, 0.6) is 5.75 Å². The van der Waals surface area contributed by atoms with Crippen LogP contribution in [0.2, 0.25) is 0 Å². The van der Waals surface area contributed by atoms with E-state index in [1.165, 1.54) is 11.0 Å². The predicted molar refractivity (Wildman–Crippen MR) is 100 cm³/mol. The van der Waals surface area contributed by atoms with Gasteiger partial charge in [-0.05, 0) is 47.0 Å². The van der Waals surface area contributed by atoms with Crippen molar-refractivity contribution in [3.63, 3.8) is 0 Å². The number of amides is 1. The molecule has 1 aliphatic rings. The number of ether oxygens (including phenoxy) is 1. The molecule has 4 rings (SSSR count). The second-order valence-corrected chi connectivity index (χ2v) is 6.41. The molecule has 2 aromatic carbocycles. The van der Waals surface area contributed by atoms with Crippen LogP contribution in [0.1, 0.15) is 28.3 Å². The second kappa shape index (κ2) is 7.55. The first-order valence-electron chi connectivity index (χ1n) is 8.78. The smallest absolute Gasteiger partial charge is 0.255 e. The zero-order valence-corrected chi connectivity index (χ0v) is 14.9. The molecule has 3 aromatic rings. The van der Waals surface area contributed by atoms with E-state index in [2.05, 4.69) is 26.2 Å². The largest absolute Gasteiger partial charge is 0.497 e. The third kappa shape index (κ3) is 3.65. The Hall–Kier alpha value is -3.26. The molecule has 27 heavy (non-hydrogen) atoms. The molecule has 138 valence electrons. The molecule has 2 heterocycles. The summed E-state index contributed by atoms with van der Waals surface area (Å²) in [5.74, 6) is 0.814. The van der Waals surface area contributed by atoms with Gasteiger partial charge in [-0.2, -0.15) is 0 Å². The summed E-state index contributed by atoms with van der Waals surface area (Å²) in [4.78, 5) is 13.0. The molecule has 0 spiro atoms. The van der Waals surface area contributed by atoms with E-state index in [1.807, 2.05) is 24.3 Å². The third-order valence-electron chi connectivity index (χ3n) is 4.70. The number of nitrogens with zero attached hydrogens (tertiary/aromatic N) is 4. The fourth-order valence-electron chi connectivity index (χ4n) is 3.36. The number of anilines is 1. The molecular formula is C19H20N6O2. The van der Waals surface area contributed by atoms with Crippen LogP contribution in [-0.2, 0) is 0 Å². The Labute approximate surface area is 156 Å². The van der Waals surface area contributed by atoms with E-state index in [9.17, 15) is 4.79 Å². The van der Waals surface area contributed by atoms with Crippen molar-refractivity contribution in [2.75, 3.05) is 25.5 Å². The van der Waals surface area contributed by atoms with Gasteiger partial charge in [0.05, 0.1) is 12.8 Å². The number of hydrogen-bond donors (Lipinski definition) is 2. The van der Waals surface area contributed by atoms with Gasteiger partial charge >= 0.3 is 0 Å². The monoisotopic (exact) mass is 364 g/mol. The quantitative estimate of drug-likeness (QED) is 0.719. The average Bonchev–Trinajstić information content (AvgIpc) is 3.41. The summed E-state index contributed by atoms with van der Waals surface area (Å²) in [6.07, 6.45) is 2.52. The lowest BCUT2D eigenvalue weighted by atomic mass is 9.93. The maximum Gasteiger partial charge on any atom is 0.255 e. The maximum atomic E-state index is 13.0. The van der Waals surface area contributed by atoms with Gasteiger partial charge in [-0.15, -0.1) is 5.10 Å². The number of methoxy groups -OCH3 is 1. The molecule has 1 saturated heterocycles. The van der Waals surface area contributed by atoms with Crippen LogP contribution < -0.4 is 15.4 Å². The van der Waals surface area contributed by atoms with Crippen molar-refractivity contribution in [2.45, 2.75) is 12.3 Å². The van der Waals surface area contributed by atoms with E-state index in [1.54, 1.807) is 25.3 Å². The molecule has 0 unspecified atom stereocenters. The highest BCUT2D eigenvalue weighted by Gasteiger charge is 2.22. The van der Waals surface area contributed by atoms with E-state index < -0.39 is 0 Å². The lowest BCUT2D eigenvalue weighted by molar-refractivity contribution is 0.102. The van der Waals surface area contributed by atoms with Crippen molar-refractivity contribution in [3.05, 3.63) is 59.9 Å². The van der Waals surface area contributed by atoms with Gasteiger partial charge in [0, 0.05) is 29.9 Å². The lowest BCUT2D eigenvalue weighted by Crippen LogP contribution is -2.17. The SMILES string of the molecule is COc1cc(NC(=O)c2ccccc2[C@@H]2CCNC2)cc(-n2cnnn2)c1. The Morgan fingerprint density at radius 1 is 1.30 bits per heavy atom. The Morgan fingerprint density at radius 2 is 2.19 bits per heavy atom. The number of hydrogen-bond acceptors (Lipinski definition) is 6. The van der Waals surface area contributed by atoms with Crippen molar-refractivity contribution in [1.29, 1.82) is 0 Å². The molecular weight excluding hydrogens is 344 g/mol. The molecule has 8 heteroatoms. The van der Waals surface area contributed by atoms with Crippen molar-refractivity contribution < 1.29 is 9.53 Å². The van der Waals surface area contributed by atoms with Crippen LogP contribution in [0.25, 0.3) is 5.69 Å². The van der Waals surface area contributed by atoms with Crippen LogP contribution in [0.4, 0.5) is 5.69 Å². The van der Waals surface area contributed by atoms with Crippen molar-refractivity contribution >= 4 is 11.6 Å². The normalized spacial score (nSPS) is 16.3. The van der Waals surface area contributed by atoms with Gasteiger partial charge in [-0.3, -0.25) is 4.79 Å². The van der Waals surface area contributed by atoms with Gasteiger partial charge < -0.3 is 15.4 Å². The molecule has 0 bridgehead atoms. The number of benzene rings is 2. The number of aromatic nitrogens is 4. The number of rotatable bonds is 5. The summed E-state index contributed by atoms with van der Waals surface area (Å²) in [5, 5.41) is 17.5. The number of nitrogens with one attached hydrogen (secondary N) is 2. The Kier molecular flexibility index (Phi) is 4.80. The molecule has 1 aromatic heterocycles. The summed E-state index contributed by atoms with van der Waals surface area (Å²) in [7, 11) is 1.58. The highest BCUT2D eigenvalue weighted by molar-refractivity contribution is 6.05. The van der Waals surface area contributed by atoms with Crippen LogP contribution in [0.15, 0.2) is 48.8 Å². The van der Waals surface area contributed by atoms with Gasteiger partial charge in [-0.1, -0.05) is 18.2 Å². The summed E-state index contributed by atoms with van der Waals surface area (Å²) in [6, 6.07) is 13.1. The second-order valence-electron chi connectivity index (χ2n) is 6.41. The van der Waals surface area contributed by atoms with Crippen LogP contribution in [-0.4, -0.2) is 46.3 Å². The molecule has 0 saturated carbocycles. The Morgan fingerprint density at radius 3 is 2.93 bits per heavy atom. The van der Waals surface area contributed by atoms with Crippen molar-refractivity contribution in [1.82, 2.24) is 25.5 Å². The minimum atomic E-state index is -0.145. The van der Waals surface area contributed by atoms with Gasteiger partial charge in [0.25, 0.3) is 5.91 Å². The molecule has 1 amide bonds. The van der Waals surface area contributed by atoms with E-state index in [-0.39, 0.29) is 5.91 Å². The number of tetrazole rings is 1. The zero-order chi connectivity index (χ0) is 18.6. The molecule has 0 aliphatic carbocycles. The highest BCUT2D eigenvalue weighted by atomic mass is 16.5. The Bertz CT molecular complexity index is 935. The molecule has 2 N–H and O–H groups in total. The van der Waals surface area contributed by atoms with E-state index in [0.717, 1.165) is 25.1 Å². The summed E-state index contributed by atoms with van der Waals surface area (Å²) in [6.45, 7) is 1.87. The van der Waals surface area contributed by atoms with E-state index in [0.29, 0.717) is 28.6 Å². The van der Waals surface area contributed by atoms with Gasteiger partial charge in [0.2, 0.25) is 0 Å². The molecule has 1 aliphatic heterocycles. The predicted octanol–water partition coefficient (Wildman–Crippen LogP) is 2.00. The minimum absolute atomic E-state index is 0.145. The molecule has 1 fully saturated rings. The first kappa shape index (κ1) is 17.2. The first-order valence-corrected chi connectivity index (χ1v) is 8.78. The summed E-state index contributed by atoms with van der Waals surface area (Å²) < 4.78 is 6.85. The minimum Gasteiger partial charge on any atom is -0.497 e. The van der Waals surface area contributed by atoms with Crippen molar-refractivity contribution in [3.8, 4) is 11.4 Å². The van der Waals surface area contributed by atoms with Gasteiger partial charge in [-0.25, -0.2) is 4.68 Å². The van der Waals surface area contributed by atoms with Crippen LogP contribution in [0.3, 0.4) is 0 Å². The third-order valence-corrected chi connectivity index (χ3v) is 4.70. The fourth-order valence-corrected chi connectivity index (χ4v) is 3.36. The lowest BCUT2D eigenvalue weighted by Gasteiger charge is -2.15. The Balaban J connectivity index is 1.63. The summed E-state index contributed by atoms with van der Waals surface area (Å²) >= 11 is 0. The summed E-state index contributed by atoms with van der Waals surface area (Å²) in [5.41, 5.74) is 3.08. The first-order chi connectivity index (χ1) is 13.2. The zero-order valence-electron chi connectivity index (χ0n) is 14.9. The topological polar surface area (TPSA) is 94.0 Å². The molecule has 8 nitrogen and oxygen atoms in total. The van der Waals surface area contributed by atoms with Gasteiger partial charge in [0.15, 0.2) is 0 Å². The van der Waals surface area contributed by atoms with E-state index >= 15 is 0 Å². The fraction of sp³-hybridized carbons (Fsp3) is 0.263. The number of carbonyl (C=O) groups is 1. The van der Waals surface area contributed by atoms with Crippen molar-refractivity contribution in [2.24, 2.45) is 0 Å². The molecule has 0 radical (unpaired) electrons. The van der Waals surface area contributed by atoms with Crippen LogP contribution >= 0.6 is 0 Å². The highest BCUT2D eigenvalue weighted by Crippen LogP contribution is 2.27. The molecule has 1 atom stereocenters.